The standard InChI is InChI=1S/C23H36ClIN4O2/c1-29-17-7-9-21(29)22(18(13-17)15-3-5-16(24)6-4-15)23(30)31-11-10-14-2-8-20(27-28-26)19(25)12-14/h14-22H,2-13H2,1H3/t14?,15?,16?,17-,18-,19?,20?,21?,22?/m1/s1. The third-order valence-electron chi connectivity index (χ3n) is 8.71. The molecule has 0 radical (unpaired) electrons. The number of carbonyl (C=O) groups excluding carboxylic acids is 1. The summed E-state index contributed by atoms with van der Waals surface area (Å²) in [5.41, 5.74) is 8.71. The SMILES string of the molecule is CN1C2CC[C@@H]1C[C@H](C1CCC(Cl)CC1)C2C(=O)OCCC1CCC(N=[N+]=[N-])C(I)C1. The Morgan fingerprint density at radius 2 is 1.94 bits per heavy atom. The van der Waals surface area contributed by atoms with Crippen molar-refractivity contribution in [2.75, 3.05) is 13.7 Å². The Labute approximate surface area is 204 Å². The Bertz CT molecular complexity index is 682. The molecular formula is C23H36ClIN4O2. The van der Waals surface area contributed by atoms with Crippen LogP contribution in [-0.4, -0.2) is 52.0 Å². The van der Waals surface area contributed by atoms with Crippen LogP contribution in [0.15, 0.2) is 5.11 Å². The van der Waals surface area contributed by atoms with Crippen LogP contribution in [0.1, 0.15) is 70.6 Å². The fourth-order valence-corrected chi connectivity index (χ4v) is 8.36. The number of hydrogen-bond donors (Lipinski definition) is 0. The number of nitrogens with zero attached hydrogens (tertiary/aromatic N) is 4. The highest BCUT2D eigenvalue weighted by Gasteiger charge is 2.51. The molecule has 0 N–H and O–H groups in total. The van der Waals surface area contributed by atoms with Crippen LogP contribution in [0.5, 0.6) is 0 Å². The van der Waals surface area contributed by atoms with Crippen LogP contribution in [-0.2, 0) is 9.53 Å². The van der Waals surface area contributed by atoms with Crippen LogP contribution in [0.4, 0.5) is 0 Å². The Morgan fingerprint density at radius 1 is 1.16 bits per heavy atom. The van der Waals surface area contributed by atoms with Gasteiger partial charge >= 0.3 is 5.97 Å². The molecule has 2 aliphatic carbocycles. The van der Waals surface area contributed by atoms with Gasteiger partial charge in [-0.25, -0.2) is 0 Å². The second-order valence-electron chi connectivity index (χ2n) is 10.3. The van der Waals surface area contributed by atoms with Crippen molar-refractivity contribution in [3.63, 3.8) is 0 Å². The van der Waals surface area contributed by atoms with Gasteiger partial charge in [-0.1, -0.05) is 27.7 Å². The Kier molecular flexibility index (Phi) is 8.32. The third kappa shape index (κ3) is 5.47. The van der Waals surface area contributed by atoms with Gasteiger partial charge in [-0.15, -0.1) is 11.6 Å². The Balaban J connectivity index is 1.32. The number of esters is 1. The van der Waals surface area contributed by atoms with Crippen LogP contribution < -0.4 is 0 Å². The fraction of sp³-hybridized carbons (Fsp3) is 0.957. The van der Waals surface area contributed by atoms with E-state index in [1.54, 1.807) is 0 Å². The lowest BCUT2D eigenvalue weighted by Crippen LogP contribution is -2.52. The first-order valence-electron chi connectivity index (χ1n) is 12.2. The highest BCUT2D eigenvalue weighted by Crippen LogP contribution is 2.48. The Hall–Kier alpha value is -0.240. The molecule has 31 heavy (non-hydrogen) atoms. The minimum absolute atomic E-state index is 0.0265. The summed E-state index contributed by atoms with van der Waals surface area (Å²) >= 11 is 8.78. The molecule has 8 heteroatoms. The summed E-state index contributed by atoms with van der Waals surface area (Å²) in [6, 6.07) is 1.10. The van der Waals surface area contributed by atoms with Crippen molar-refractivity contribution in [3.05, 3.63) is 10.4 Å². The van der Waals surface area contributed by atoms with E-state index in [9.17, 15) is 4.79 Å². The van der Waals surface area contributed by atoms with Crippen LogP contribution in [0, 0.1) is 23.7 Å². The van der Waals surface area contributed by atoms with Crippen molar-refractivity contribution < 1.29 is 9.53 Å². The maximum atomic E-state index is 13.4. The largest absolute Gasteiger partial charge is 0.465 e. The summed E-state index contributed by atoms with van der Waals surface area (Å²) < 4.78 is 6.34. The smallest absolute Gasteiger partial charge is 0.310 e. The van der Waals surface area contributed by atoms with Gasteiger partial charge in [0, 0.05) is 32.3 Å². The molecule has 0 aromatic heterocycles. The quantitative estimate of drug-likeness (QED) is 0.0980. The van der Waals surface area contributed by atoms with Crippen molar-refractivity contribution >= 4 is 40.2 Å². The maximum Gasteiger partial charge on any atom is 0.310 e. The highest BCUT2D eigenvalue weighted by molar-refractivity contribution is 14.1. The van der Waals surface area contributed by atoms with E-state index in [2.05, 4.69) is 44.6 Å². The molecular weight excluding hydrogens is 527 g/mol. The second-order valence-corrected chi connectivity index (χ2v) is 12.5. The fourth-order valence-electron chi connectivity index (χ4n) is 6.89. The average Bonchev–Trinajstić information content (AvgIpc) is 2.98. The zero-order valence-corrected chi connectivity index (χ0v) is 21.5. The van der Waals surface area contributed by atoms with E-state index in [0.717, 1.165) is 64.2 Å². The molecule has 5 unspecified atom stereocenters. The number of ether oxygens (including phenoxy) is 1. The molecule has 2 aliphatic heterocycles. The number of rotatable bonds is 6. The Morgan fingerprint density at radius 3 is 2.65 bits per heavy atom. The number of fused-ring (bicyclic) bond motifs is 2. The van der Waals surface area contributed by atoms with Gasteiger partial charge in [0.25, 0.3) is 0 Å². The van der Waals surface area contributed by atoms with Gasteiger partial charge in [-0.3, -0.25) is 9.69 Å². The summed E-state index contributed by atoms with van der Waals surface area (Å²) in [6.45, 7) is 0.524. The van der Waals surface area contributed by atoms with Crippen molar-refractivity contribution in [2.24, 2.45) is 28.8 Å². The van der Waals surface area contributed by atoms with Crippen molar-refractivity contribution in [3.8, 4) is 0 Å². The number of alkyl halides is 2. The van der Waals surface area contributed by atoms with Crippen LogP contribution in [0.2, 0.25) is 0 Å². The monoisotopic (exact) mass is 562 g/mol. The van der Waals surface area contributed by atoms with E-state index < -0.39 is 0 Å². The van der Waals surface area contributed by atoms with E-state index in [1.807, 2.05) is 0 Å². The minimum atomic E-state index is 0.0265. The summed E-state index contributed by atoms with van der Waals surface area (Å²) in [6.07, 6.45) is 12.0. The first-order valence-corrected chi connectivity index (χ1v) is 13.9. The topological polar surface area (TPSA) is 78.3 Å². The van der Waals surface area contributed by atoms with Crippen molar-refractivity contribution in [2.45, 2.75) is 98.1 Å². The second kappa shape index (κ2) is 10.8. The predicted octanol–water partition coefficient (Wildman–Crippen LogP) is 6.10. The van der Waals surface area contributed by atoms with Gasteiger partial charge in [-0.2, -0.15) is 0 Å². The average molecular weight is 563 g/mol. The summed E-state index contributed by atoms with van der Waals surface area (Å²) in [5.74, 6) is 1.71. The van der Waals surface area contributed by atoms with E-state index >= 15 is 0 Å². The van der Waals surface area contributed by atoms with Crippen molar-refractivity contribution in [1.29, 1.82) is 0 Å². The highest BCUT2D eigenvalue weighted by atomic mass is 127. The van der Waals surface area contributed by atoms with Crippen LogP contribution in [0.3, 0.4) is 0 Å². The van der Waals surface area contributed by atoms with Gasteiger partial charge in [-0.05, 0) is 101 Å². The van der Waals surface area contributed by atoms with Crippen LogP contribution >= 0.6 is 34.2 Å². The summed E-state index contributed by atoms with van der Waals surface area (Å²) in [7, 11) is 2.21. The number of azide groups is 1. The first kappa shape index (κ1) is 23.9. The predicted molar refractivity (Wildman–Crippen MR) is 131 cm³/mol. The molecule has 6 nitrogen and oxygen atoms in total. The van der Waals surface area contributed by atoms with E-state index in [4.69, 9.17) is 21.9 Å². The molecule has 174 valence electrons. The number of hydrogen-bond acceptors (Lipinski definition) is 4. The lowest BCUT2D eigenvalue weighted by molar-refractivity contribution is -0.157. The first-order chi connectivity index (χ1) is 15.0. The minimum Gasteiger partial charge on any atom is -0.465 e. The van der Waals surface area contributed by atoms with Gasteiger partial charge in [0.05, 0.1) is 12.5 Å². The molecule has 0 aromatic rings. The molecule has 0 aromatic carbocycles. The van der Waals surface area contributed by atoms with Gasteiger partial charge in [0.15, 0.2) is 0 Å². The van der Waals surface area contributed by atoms with E-state index in [-0.39, 0.29) is 17.9 Å². The van der Waals surface area contributed by atoms with Gasteiger partial charge in [0.2, 0.25) is 0 Å². The maximum absolute atomic E-state index is 13.4. The molecule has 0 spiro atoms. The van der Waals surface area contributed by atoms with Crippen LogP contribution in [0.25, 0.3) is 10.4 Å². The molecule has 4 fully saturated rings. The van der Waals surface area contributed by atoms with Crippen molar-refractivity contribution in [1.82, 2.24) is 4.90 Å². The molecule has 2 heterocycles. The zero-order chi connectivity index (χ0) is 22.0. The molecule has 0 amide bonds. The molecule has 4 rings (SSSR count). The normalized spacial score (nSPS) is 43.3. The third-order valence-corrected chi connectivity index (χ3v) is 10.5. The molecule has 7 atom stereocenters. The number of carbonyl (C=O) groups is 1. The molecule has 4 aliphatic rings. The zero-order valence-electron chi connectivity index (χ0n) is 18.5. The molecule has 2 saturated carbocycles. The van der Waals surface area contributed by atoms with Gasteiger partial charge in [0.1, 0.15) is 0 Å². The van der Waals surface area contributed by atoms with E-state index in [1.165, 1.54) is 6.42 Å². The summed E-state index contributed by atoms with van der Waals surface area (Å²) in [4.78, 5) is 18.8. The lowest BCUT2D eigenvalue weighted by Gasteiger charge is -2.46. The number of piperidine rings is 1. The van der Waals surface area contributed by atoms with E-state index in [0.29, 0.717) is 45.7 Å². The van der Waals surface area contributed by atoms with Gasteiger partial charge < -0.3 is 4.74 Å². The molecule has 2 saturated heterocycles. The number of halogens is 2. The summed E-state index contributed by atoms with van der Waals surface area (Å²) in [5, 5.41) is 4.25. The molecule has 2 bridgehead atoms. The lowest BCUT2D eigenvalue weighted by atomic mass is 9.68.